The third-order valence-corrected chi connectivity index (χ3v) is 5.00. The summed E-state index contributed by atoms with van der Waals surface area (Å²) in [5.41, 5.74) is 2.60. The van der Waals surface area contributed by atoms with Crippen molar-refractivity contribution in [3.05, 3.63) is 107 Å². The third-order valence-electron chi connectivity index (χ3n) is 4.69. The fourth-order valence-electron chi connectivity index (χ4n) is 3.11. The zero-order valence-corrected chi connectivity index (χ0v) is 17.0. The van der Waals surface area contributed by atoms with Gasteiger partial charge in [0.2, 0.25) is 0 Å². The predicted molar refractivity (Wildman–Crippen MR) is 119 cm³/mol. The predicted octanol–water partition coefficient (Wildman–Crippen LogP) is 6.23. The van der Waals surface area contributed by atoms with Gasteiger partial charge < -0.3 is 9.84 Å². The Kier molecular flexibility index (Phi) is 5.96. The van der Waals surface area contributed by atoms with Crippen LogP contribution in [0.5, 0.6) is 5.75 Å². The number of benzene rings is 3. The van der Waals surface area contributed by atoms with Gasteiger partial charge in [-0.1, -0.05) is 54.1 Å². The number of carboxylic acids is 1. The van der Waals surface area contributed by atoms with Gasteiger partial charge in [-0.15, -0.1) is 0 Å². The van der Waals surface area contributed by atoms with Crippen LogP contribution in [0.1, 0.15) is 16.8 Å². The van der Waals surface area contributed by atoms with E-state index in [4.69, 9.17) is 16.3 Å². The van der Waals surface area contributed by atoms with Crippen molar-refractivity contribution in [2.75, 3.05) is 0 Å². The van der Waals surface area contributed by atoms with E-state index in [1.54, 1.807) is 30.3 Å². The van der Waals surface area contributed by atoms with Crippen LogP contribution in [-0.4, -0.2) is 16.1 Å². The monoisotopic (exact) mass is 433 g/mol. The summed E-state index contributed by atoms with van der Waals surface area (Å²) in [5, 5.41) is 10.6. The molecule has 0 aliphatic carbocycles. The molecule has 4 rings (SSSR count). The van der Waals surface area contributed by atoms with Gasteiger partial charge in [0.15, 0.2) is 0 Å². The Morgan fingerprint density at radius 1 is 1.03 bits per heavy atom. The third kappa shape index (κ3) is 4.90. The van der Waals surface area contributed by atoms with Crippen molar-refractivity contribution in [2.45, 2.75) is 6.61 Å². The van der Waals surface area contributed by atoms with Crippen LogP contribution >= 0.6 is 11.6 Å². The number of rotatable bonds is 6. The maximum Gasteiger partial charge on any atom is 0.336 e. The summed E-state index contributed by atoms with van der Waals surface area (Å²) in [6, 6.07) is 22.6. The van der Waals surface area contributed by atoms with E-state index in [2.05, 4.69) is 4.98 Å². The second kappa shape index (κ2) is 8.98. The fraction of sp³-hybridized carbons (Fsp3) is 0.0400. The van der Waals surface area contributed by atoms with Crippen LogP contribution in [0, 0.1) is 5.82 Å². The number of carboxylic acid groups (broad SMARTS) is 1. The molecule has 1 N–H and O–H groups in total. The minimum absolute atomic E-state index is 0.0172. The number of halogens is 2. The molecular weight excluding hydrogens is 417 g/mol. The van der Waals surface area contributed by atoms with E-state index in [0.29, 0.717) is 16.9 Å². The average molecular weight is 434 g/mol. The van der Waals surface area contributed by atoms with Gasteiger partial charge in [0.25, 0.3) is 0 Å². The molecule has 4 nitrogen and oxygen atoms in total. The lowest BCUT2D eigenvalue weighted by atomic mass is 10.0. The van der Waals surface area contributed by atoms with Crippen LogP contribution in [0.25, 0.3) is 22.6 Å². The first-order valence-electron chi connectivity index (χ1n) is 9.47. The van der Waals surface area contributed by atoms with E-state index in [0.717, 1.165) is 16.6 Å². The zero-order valence-electron chi connectivity index (χ0n) is 16.3. The van der Waals surface area contributed by atoms with Gasteiger partial charge >= 0.3 is 5.97 Å². The fourth-order valence-corrected chi connectivity index (χ4v) is 3.23. The maximum atomic E-state index is 13.7. The van der Waals surface area contributed by atoms with Crippen LogP contribution in [0.15, 0.2) is 78.9 Å². The molecule has 1 aromatic heterocycles. The van der Waals surface area contributed by atoms with Gasteiger partial charge in [0.1, 0.15) is 18.2 Å². The maximum absolute atomic E-state index is 13.7. The Morgan fingerprint density at radius 3 is 2.55 bits per heavy atom. The lowest BCUT2D eigenvalue weighted by Gasteiger charge is -2.09. The second-order valence-corrected chi connectivity index (χ2v) is 7.25. The number of hydrogen-bond donors (Lipinski definition) is 1. The normalized spacial score (nSPS) is 11.5. The van der Waals surface area contributed by atoms with Crippen molar-refractivity contribution in [1.82, 2.24) is 4.98 Å². The highest BCUT2D eigenvalue weighted by molar-refractivity contribution is 6.30. The minimum atomic E-state index is -1.12. The first kappa shape index (κ1) is 20.6. The Hall–Kier alpha value is -3.70. The minimum Gasteiger partial charge on any atom is -0.487 e. The summed E-state index contributed by atoms with van der Waals surface area (Å²) < 4.78 is 19.5. The summed E-state index contributed by atoms with van der Waals surface area (Å²) in [6.45, 7) is 0.288. The highest BCUT2D eigenvalue weighted by atomic mass is 35.5. The number of aliphatic carboxylic acids is 1. The summed E-state index contributed by atoms with van der Waals surface area (Å²) in [7, 11) is 0. The van der Waals surface area contributed by atoms with E-state index < -0.39 is 11.8 Å². The molecule has 0 atom stereocenters. The number of ether oxygens (including phenoxy) is 1. The molecule has 0 saturated heterocycles. The highest BCUT2D eigenvalue weighted by Gasteiger charge is 2.12. The van der Waals surface area contributed by atoms with Gasteiger partial charge in [-0.05, 0) is 53.6 Å². The second-order valence-electron chi connectivity index (χ2n) is 6.85. The first-order chi connectivity index (χ1) is 15.0. The van der Waals surface area contributed by atoms with Crippen LogP contribution in [0.4, 0.5) is 4.39 Å². The van der Waals surface area contributed by atoms with Gasteiger partial charge in [-0.2, -0.15) is 0 Å². The molecule has 0 fully saturated rings. The SMILES string of the molecule is O=C(O)C(=Cc1ccc(Cl)c(F)c1)c1ccc(OCc2ccc3ccccc3n2)cc1. The Labute approximate surface area is 183 Å². The van der Waals surface area contributed by atoms with Crippen molar-refractivity contribution in [3.8, 4) is 5.75 Å². The summed E-state index contributed by atoms with van der Waals surface area (Å²) in [4.78, 5) is 16.3. The molecule has 6 heteroatoms. The zero-order chi connectivity index (χ0) is 21.8. The number of pyridine rings is 1. The van der Waals surface area contributed by atoms with Crippen LogP contribution in [0.3, 0.4) is 0 Å². The molecule has 0 aliphatic heterocycles. The van der Waals surface area contributed by atoms with Crippen molar-refractivity contribution in [3.63, 3.8) is 0 Å². The van der Waals surface area contributed by atoms with Gasteiger partial charge in [-0.25, -0.2) is 14.2 Å². The molecule has 0 saturated carbocycles. The van der Waals surface area contributed by atoms with Gasteiger partial charge in [0, 0.05) is 5.39 Å². The Balaban J connectivity index is 1.50. The number of hydrogen-bond acceptors (Lipinski definition) is 3. The quantitative estimate of drug-likeness (QED) is 0.289. The molecule has 0 unspecified atom stereocenters. The lowest BCUT2D eigenvalue weighted by Crippen LogP contribution is -2.01. The van der Waals surface area contributed by atoms with Crippen molar-refractivity contribution >= 4 is 40.1 Å². The van der Waals surface area contributed by atoms with E-state index in [9.17, 15) is 14.3 Å². The van der Waals surface area contributed by atoms with Crippen molar-refractivity contribution in [1.29, 1.82) is 0 Å². The molecular formula is C25H17ClFNO3. The van der Waals surface area contributed by atoms with E-state index >= 15 is 0 Å². The molecule has 0 aliphatic rings. The summed E-state index contributed by atoms with van der Waals surface area (Å²) >= 11 is 5.69. The molecule has 3 aromatic carbocycles. The average Bonchev–Trinajstić information content (AvgIpc) is 2.78. The molecule has 0 amide bonds. The van der Waals surface area contributed by atoms with Crippen LogP contribution in [0.2, 0.25) is 5.02 Å². The number of para-hydroxylation sites is 1. The van der Waals surface area contributed by atoms with Gasteiger partial charge in [0.05, 0.1) is 21.8 Å². The largest absolute Gasteiger partial charge is 0.487 e. The summed E-state index contributed by atoms with van der Waals surface area (Å²) in [5.74, 6) is -1.14. The van der Waals surface area contributed by atoms with Crippen molar-refractivity contribution < 1.29 is 19.0 Å². The van der Waals surface area contributed by atoms with Crippen LogP contribution in [-0.2, 0) is 11.4 Å². The molecule has 0 spiro atoms. The van der Waals surface area contributed by atoms with Crippen LogP contribution < -0.4 is 4.74 Å². The number of aromatic nitrogens is 1. The Bertz CT molecular complexity index is 1290. The van der Waals surface area contributed by atoms with Crippen molar-refractivity contribution in [2.24, 2.45) is 0 Å². The first-order valence-corrected chi connectivity index (χ1v) is 9.85. The molecule has 154 valence electrons. The molecule has 1 heterocycles. The topological polar surface area (TPSA) is 59.4 Å². The molecule has 0 radical (unpaired) electrons. The summed E-state index contributed by atoms with van der Waals surface area (Å²) in [6.07, 6.45) is 1.40. The standard InChI is InChI=1S/C25H17ClFNO3/c26-22-12-5-16(14-23(22)27)13-21(25(29)30)17-7-10-20(11-8-17)31-15-19-9-6-18-3-1-2-4-24(18)28-19/h1-14H,15H2,(H,29,30). The van der Waals surface area contributed by atoms with E-state index in [1.165, 1.54) is 18.2 Å². The van der Waals surface area contributed by atoms with E-state index in [-0.39, 0.29) is 17.2 Å². The number of carbonyl (C=O) groups is 1. The molecule has 31 heavy (non-hydrogen) atoms. The smallest absolute Gasteiger partial charge is 0.336 e. The highest BCUT2D eigenvalue weighted by Crippen LogP contribution is 2.24. The Morgan fingerprint density at radius 2 is 1.81 bits per heavy atom. The number of nitrogens with zero attached hydrogens (tertiary/aromatic N) is 1. The van der Waals surface area contributed by atoms with E-state index in [1.807, 2.05) is 36.4 Å². The molecule has 0 bridgehead atoms. The molecule has 4 aromatic rings. The number of fused-ring (bicyclic) bond motifs is 1. The van der Waals surface area contributed by atoms with Gasteiger partial charge in [-0.3, -0.25) is 0 Å². The lowest BCUT2D eigenvalue weighted by molar-refractivity contribution is -0.130.